The van der Waals surface area contributed by atoms with E-state index in [1.165, 1.54) is 0 Å². The van der Waals surface area contributed by atoms with Gasteiger partial charge in [0.2, 0.25) is 0 Å². The van der Waals surface area contributed by atoms with Gasteiger partial charge in [-0.25, -0.2) is 4.39 Å². The smallest absolute Gasteiger partial charge is 0.120 e. The highest BCUT2D eigenvalue weighted by Crippen LogP contribution is 2.17. The van der Waals surface area contributed by atoms with Gasteiger partial charge in [0, 0.05) is 6.54 Å². The van der Waals surface area contributed by atoms with Crippen LogP contribution in [-0.4, -0.2) is 6.54 Å². The van der Waals surface area contributed by atoms with Crippen molar-refractivity contribution in [3.63, 3.8) is 0 Å². The van der Waals surface area contributed by atoms with Crippen LogP contribution >= 0.6 is 0 Å². The lowest BCUT2D eigenvalue weighted by Gasteiger charge is -2.09. The number of benzene rings is 2. The summed E-state index contributed by atoms with van der Waals surface area (Å²) in [5.74, 6) is 0.779. The van der Waals surface area contributed by atoms with Crippen LogP contribution in [0.3, 0.4) is 0 Å². The second kappa shape index (κ2) is 7.46. The van der Waals surface area contributed by atoms with Crippen molar-refractivity contribution in [1.29, 1.82) is 0 Å². The summed E-state index contributed by atoms with van der Waals surface area (Å²) in [4.78, 5) is 0. The first kappa shape index (κ1) is 14.3. The molecule has 0 atom stereocenters. The van der Waals surface area contributed by atoms with Gasteiger partial charge in [-0.3, -0.25) is 0 Å². The summed E-state index contributed by atoms with van der Waals surface area (Å²) in [6.07, 6.45) is 1.09. The number of halogens is 1. The Morgan fingerprint density at radius 2 is 1.80 bits per heavy atom. The second-order valence-corrected chi connectivity index (χ2v) is 4.57. The minimum atomic E-state index is 0.228. The fourth-order valence-corrected chi connectivity index (χ4v) is 1.90. The highest BCUT2D eigenvalue weighted by Gasteiger charge is 2.01. The largest absolute Gasteiger partial charge is 0.489 e. The highest BCUT2D eigenvalue weighted by atomic mass is 19.1. The summed E-state index contributed by atoms with van der Waals surface area (Å²) in [5.41, 5.74) is 8.14. The molecule has 0 aliphatic carbocycles. The molecule has 2 nitrogen and oxygen atoms in total. The zero-order chi connectivity index (χ0) is 14.2. The molecule has 3 heteroatoms. The first-order valence-corrected chi connectivity index (χ1v) is 6.55. The molecule has 0 radical (unpaired) electrons. The van der Waals surface area contributed by atoms with Crippen LogP contribution in [0.4, 0.5) is 4.39 Å². The molecule has 20 heavy (non-hydrogen) atoms. The van der Waals surface area contributed by atoms with Crippen LogP contribution in [0.1, 0.15) is 11.1 Å². The predicted octanol–water partition coefficient (Wildman–Crippen LogP) is 3.62. The van der Waals surface area contributed by atoms with E-state index in [-0.39, 0.29) is 6.54 Å². The van der Waals surface area contributed by atoms with Gasteiger partial charge >= 0.3 is 0 Å². The predicted molar refractivity (Wildman–Crippen MR) is 79.2 cm³/mol. The lowest BCUT2D eigenvalue weighted by molar-refractivity contribution is 0.306. The van der Waals surface area contributed by atoms with Crippen molar-refractivity contribution in [2.45, 2.75) is 13.0 Å². The average Bonchev–Trinajstić information content (AvgIpc) is 2.52. The molecule has 104 valence electrons. The Balaban J connectivity index is 1.99. The van der Waals surface area contributed by atoms with E-state index in [2.05, 4.69) is 0 Å². The van der Waals surface area contributed by atoms with E-state index in [1.54, 1.807) is 0 Å². The molecule has 0 aliphatic heterocycles. The van der Waals surface area contributed by atoms with E-state index < -0.39 is 0 Å². The van der Waals surface area contributed by atoms with Crippen molar-refractivity contribution < 1.29 is 9.13 Å². The lowest BCUT2D eigenvalue weighted by Crippen LogP contribution is -2.05. The van der Waals surface area contributed by atoms with Crippen molar-refractivity contribution in [3.05, 3.63) is 77.6 Å². The van der Waals surface area contributed by atoms with Crippen LogP contribution in [0.2, 0.25) is 0 Å². The topological polar surface area (TPSA) is 35.2 Å². The molecular formula is C17H18FNO. The van der Waals surface area contributed by atoms with E-state index in [1.807, 2.05) is 54.6 Å². The summed E-state index contributed by atoms with van der Waals surface area (Å²) in [6.45, 7) is 0.749. The van der Waals surface area contributed by atoms with Crippen molar-refractivity contribution in [1.82, 2.24) is 0 Å². The summed E-state index contributed by atoms with van der Waals surface area (Å²) >= 11 is 0. The summed E-state index contributed by atoms with van der Waals surface area (Å²) in [5, 5.41) is 0. The van der Waals surface area contributed by atoms with Crippen LogP contribution in [0.5, 0.6) is 5.75 Å². The van der Waals surface area contributed by atoms with Gasteiger partial charge in [0.05, 0.1) is 6.33 Å². The van der Waals surface area contributed by atoms with Crippen molar-refractivity contribution in [2.75, 3.05) is 6.54 Å². The zero-order valence-corrected chi connectivity index (χ0v) is 11.3. The molecule has 0 fully saturated rings. The molecule has 2 N–H and O–H groups in total. The standard InChI is InChI=1S/C17H18FNO/c18-11-16(12-19)9-15-7-4-8-17(10-15)20-13-14-5-2-1-3-6-14/h1-8,10-11H,9,12-13,19H2. The summed E-state index contributed by atoms with van der Waals surface area (Å²) in [6, 6.07) is 17.6. The average molecular weight is 271 g/mol. The number of nitrogens with two attached hydrogens (primary N) is 1. The Kier molecular flexibility index (Phi) is 5.33. The van der Waals surface area contributed by atoms with Crippen LogP contribution in [0.25, 0.3) is 0 Å². The number of hydrogen-bond donors (Lipinski definition) is 1. The third-order valence-electron chi connectivity index (χ3n) is 2.99. The Morgan fingerprint density at radius 3 is 2.50 bits per heavy atom. The molecule has 0 aromatic heterocycles. The van der Waals surface area contributed by atoms with E-state index in [0.717, 1.165) is 16.9 Å². The first-order chi connectivity index (χ1) is 9.81. The molecule has 0 saturated carbocycles. The first-order valence-electron chi connectivity index (χ1n) is 6.55. The summed E-state index contributed by atoms with van der Waals surface area (Å²) < 4.78 is 18.3. The van der Waals surface area contributed by atoms with E-state index in [9.17, 15) is 4.39 Å². The van der Waals surface area contributed by atoms with Crippen LogP contribution in [0, 0.1) is 0 Å². The lowest BCUT2D eigenvalue weighted by atomic mass is 10.1. The number of ether oxygens (including phenoxy) is 1. The third kappa shape index (κ3) is 4.21. The molecule has 0 unspecified atom stereocenters. The van der Waals surface area contributed by atoms with Gasteiger partial charge in [-0.1, -0.05) is 42.5 Å². The highest BCUT2D eigenvalue weighted by molar-refractivity contribution is 5.31. The Hall–Kier alpha value is -2.13. The maximum Gasteiger partial charge on any atom is 0.120 e. The maximum absolute atomic E-state index is 12.5. The molecule has 0 spiro atoms. The summed E-state index contributed by atoms with van der Waals surface area (Å²) in [7, 11) is 0. The molecular weight excluding hydrogens is 253 g/mol. The quantitative estimate of drug-likeness (QED) is 0.871. The second-order valence-electron chi connectivity index (χ2n) is 4.57. The van der Waals surface area contributed by atoms with Gasteiger partial charge in [-0.2, -0.15) is 0 Å². The van der Waals surface area contributed by atoms with Crippen molar-refractivity contribution in [3.8, 4) is 5.75 Å². The van der Waals surface area contributed by atoms with Crippen molar-refractivity contribution >= 4 is 0 Å². The molecule has 0 bridgehead atoms. The van der Waals surface area contributed by atoms with Crippen molar-refractivity contribution in [2.24, 2.45) is 5.73 Å². The number of hydrogen-bond acceptors (Lipinski definition) is 2. The van der Waals surface area contributed by atoms with Gasteiger partial charge in [-0.05, 0) is 35.3 Å². The van der Waals surface area contributed by atoms with Gasteiger partial charge < -0.3 is 10.5 Å². The van der Waals surface area contributed by atoms with Crippen LogP contribution < -0.4 is 10.5 Å². The minimum absolute atomic E-state index is 0.228. The minimum Gasteiger partial charge on any atom is -0.489 e. The van der Waals surface area contributed by atoms with E-state index in [0.29, 0.717) is 24.9 Å². The van der Waals surface area contributed by atoms with E-state index in [4.69, 9.17) is 10.5 Å². The molecule has 0 amide bonds. The Labute approximate surface area is 118 Å². The molecule has 2 rings (SSSR count). The maximum atomic E-state index is 12.5. The SMILES string of the molecule is NCC(=CF)Cc1cccc(OCc2ccccc2)c1. The van der Waals surface area contributed by atoms with E-state index >= 15 is 0 Å². The van der Waals surface area contributed by atoms with Crippen LogP contribution in [0.15, 0.2) is 66.5 Å². The Bertz CT molecular complexity index is 566. The monoisotopic (exact) mass is 271 g/mol. The van der Waals surface area contributed by atoms with Crippen LogP contribution in [-0.2, 0) is 13.0 Å². The van der Waals surface area contributed by atoms with Gasteiger partial charge in [0.15, 0.2) is 0 Å². The zero-order valence-electron chi connectivity index (χ0n) is 11.3. The third-order valence-corrected chi connectivity index (χ3v) is 2.99. The Morgan fingerprint density at radius 1 is 1.05 bits per heavy atom. The molecule has 2 aromatic carbocycles. The fraction of sp³-hybridized carbons (Fsp3) is 0.176. The van der Waals surface area contributed by atoms with Gasteiger partial charge in [-0.15, -0.1) is 0 Å². The molecule has 0 heterocycles. The van der Waals surface area contributed by atoms with Gasteiger partial charge in [0.25, 0.3) is 0 Å². The molecule has 0 saturated heterocycles. The normalized spacial score (nSPS) is 11.4. The fourth-order valence-electron chi connectivity index (χ4n) is 1.90. The number of rotatable bonds is 6. The molecule has 0 aliphatic rings. The van der Waals surface area contributed by atoms with Gasteiger partial charge in [0.1, 0.15) is 12.4 Å². The molecule has 2 aromatic rings.